The number of aromatic amines is 1. The van der Waals surface area contributed by atoms with Gasteiger partial charge in [0.25, 0.3) is 6.43 Å². The molecule has 0 saturated carbocycles. The van der Waals surface area contributed by atoms with Gasteiger partial charge in [-0.25, -0.2) is 13.2 Å². The number of halogens is 3. The number of nitriles is 2. The first-order chi connectivity index (χ1) is 11.9. The summed E-state index contributed by atoms with van der Waals surface area (Å²) in [5.41, 5.74) is 0.267. The minimum Gasteiger partial charge on any atom is -0.356 e. The summed E-state index contributed by atoms with van der Waals surface area (Å²) in [5, 5.41) is 28.5. The smallest absolute Gasteiger partial charge is 0.279 e. The highest BCUT2D eigenvalue weighted by molar-refractivity contribution is 5.82. The summed E-state index contributed by atoms with van der Waals surface area (Å²) >= 11 is 0. The quantitative estimate of drug-likeness (QED) is 0.873. The molecule has 0 amide bonds. The standard InChI is InChI=1S/C17H12F3N5/c1-7-11(5-21)15(12(6-22)16(23-7)17(19)20)10-3-9-8(2)24-25-14(9)4-13(10)18/h3-4,15,17,23H,1-2H3,(H,24,25). The topological polar surface area (TPSA) is 88.3 Å². The number of nitrogens with one attached hydrogen (secondary N) is 2. The fourth-order valence-electron chi connectivity index (χ4n) is 3.01. The third-order valence-corrected chi connectivity index (χ3v) is 4.23. The van der Waals surface area contributed by atoms with Gasteiger partial charge < -0.3 is 5.32 Å². The number of benzene rings is 1. The second kappa shape index (κ2) is 5.99. The van der Waals surface area contributed by atoms with E-state index in [4.69, 9.17) is 0 Å². The lowest BCUT2D eigenvalue weighted by Crippen LogP contribution is -2.28. The molecule has 2 aromatic rings. The number of dihydropyridines is 1. The normalized spacial score (nSPS) is 17.7. The highest BCUT2D eigenvalue weighted by Gasteiger charge is 2.35. The summed E-state index contributed by atoms with van der Waals surface area (Å²) < 4.78 is 41.3. The monoisotopic (exact) mass is 343 g/mol. The number of hydrogen-bond donors (Lipinski definition) is 2. The van der Waals surface area contributed by atoms with Crippen molar-refractivity contribution < 1.29 is 13.2 Å². The predicted molar refractivity (Wildman–Crippen MR) is 83.6 cm³/mol. The summed E-state index contributed by atoms with van der Waals surface area (Å²) in [7, 11) is 0. The molecule has 1 atom stereocenters. The first-order valence-electron chi connectivity index (χ1n) is 7.33. The van der Waals surface area contributed by atoms with Gasteiger partial charge in [-0.1, -0.05) is 0 Å². The van der Waals surface area contributed by atoms with Crippen molar-refractivity contribution in [1.82, 2.24) is 15.5 Å². The zero-order chi connectivity index (χ0) is 18.3. The van der Waals surface area contributed by atoms with Crippen LogP contribution in [0.15, 0.2) is 34.7 Å². The molecule has 1 aliphatic heterocycles. The second-order valence-electron chi connectivity index (χ2n) is 5.69. The fraction of sp³-hybridized carbons (Fsp3) is 0.235. The van der Waals surface area contributed by atoms with Gasteiger partial charge >= 0.3 is 0 Å². The molecule has 1 unspecified atom stereocenters. The van der Waals surface area contributed by atoms with Crippen molar-refractivity contribution in [2.45, 2.75) is 26.2 Å². The average Bonchev–Trinajstić information content (AvgIpc) is 2.93. The van der Waals surface area contributed by atoms with E-state index in [0.717, 1.165) is 6.07 Å². The van der Waals surface area contributed by atoms with Crippen LogP contribution in [0.1, 0.15) is 24.1 Å². The molecule has 126 valence electrons. The van der Waals surface area contributed by atoms with Gasteiger partial charge in [-0.3, -0.25) is 5.10 Å². The van der Waals surface area contributed by atoms with Crippen LogP contribution in [-0.2, 0) is 0 Å². The van der Waals surface area contributed by atoms with Crippen molar-refractivity contribution in [3.8, 4) is 12.1 Å². The highest BCUT2D eigenvalue weighted by atomic mass is 19.3. The summed E-state index contributed by atoms with van der Waals surface area (Å²) in [6.07, 6.45) is -2.95. The van der Waals surface area contributed by atoms with Crippen molar-refractivity contribution in [1.29, 1.82) is 10.5 Å². The van der Waals surface area contributed by atoms with E-state index in [9.17, 15) is 23.7 Å². The number of allylic oxidation sites excluding steroid dienone is 4. The SMILES string of the molecule is CC1=C(C#N)C(c2cc3c(C)[nH]nc3cc2F)C(C#N)=C(C(F)F)N1. The molecule has 0 radical (unpaired) electrons. The zero-order valence-corrected chi connectivity index (χ0v) is 13.3. The molecule has 2 heterocycles. The van der Waals surface area contributed by atoms with Gasteiger partial charge in [-0.05, 0) is 19.9 Å². The van der Waals surface area contributed by atoms with Crippen LogP contribution >= 0.6 is 0 Å². The maximum Gasteiger partial charge on any atom is 0.279 e. The van der Waals surface area contributed by atoms with Crippen LogP contribution in [-0.4, -0.2) is 16.6 Å². The van der Waals surface area contributed by atoms with Crippen LogP contribution in [0.3, 0.4) is 0 Å². The molecular formula is C17H12F3N5. The average molecular weight is 343 g/mol. The number of aryl methyl sites for hydroxylation is 1. The summed E-state index contributed by atoms with van der Waals surface area (Å²) in [6, 6.07) is 6.23. The van der Waals surface area contributed by atoms with Crippen molar-refractivity contribution in [2.75, 3.05) is 0 Å². The summed E-state index contributed by atoms with van der Waals surface area (Å²) in [5.74, 6) is -1.91. The number of fused-ring (bicyclic) bond motifs is 1. The highest BCUT2D eigenvalue weighted by Crippen LogP contribution is 2.40. The predicted octanol–water partition coefficient (Wildman–Crippen LogP) is 3.54. The van der Waals surface area contributed by atoms with Crippen LogP contribution in [0.4, 0.5) is 13.2 Å². The van der Waals surface area contributed by atoms with E-state index in [0.29, 0.717) is 16.6 Å². The Bertz CT molecular complexity index is 1020. The Balaban J connectivity index is 2.33. The zero-order valence-electron chi connectivity index (χ0n) is 13.3. The number of H-pyrrole nitrogens is 1. The van der Waals surface area contributed by atoms with E-state index in [1.165, 1.54) is 13.0 Å². The van der Waals surface area contributed by atoms with Crippen molar-refractivity contribution >= 4 is 10.9 Å². The van der Waals surface area contributed by atoms with Crippen LogP contribution in [0.5, 0.6) is 0 Å². The largest absolute Gasteiger partial charge is 0.356 e. The van der Waals surface area contributed by atoms with Crippen molar-refractivity contribution in [2.24, 2.45) is 0 Å². The first kappa shape index (κ1) is 16.6. The molecule has 0 bridgehead atoms. The molecular weight excluding hydrogens is 331 g/mol. The summed E-state index contributed by atoms with van der Waals surface area (Å²) in [4.78, 5) is 0. The Hall–Kier alpha value is -3.26. The molecule has 0 spiro atoms. The lowest BCUT2D eigenvalue weighted by atomic mass is 9.80. The Morgan fingerprint density at radius 2 is 1.84 bits per heavy atom. The molecule has 25 heavy (non-hydrogen) atoms. The van der Waals surface area contributed by atoms with Crippen molar-refractivity contribution in [3.05, 3.63) is 51.7 Å². The first-order valence-corrected chi connectivity index (χ1v) is 7.33. The number of nitrogens with zero attached hydrogens (tertiary/aromatic N) is 3. The Labute approximate surface area is 141 Å². The molecule has 0 aliphatic carbocycles. The van der Waals surface area contributed by atoms with Gasteiger partial charge in [0.2, 0.25) is 0 Å². The molecule has 1 aromatic carbocycles. The molecule has 1 aromatic heterocycles. The Morgan fingerprint density at radius 1 is 1.16 bits per heavy atom. The van der Waals surface area contributed by atoms with Gasteiger partial charge in [-0.15, -0.1) is 0 Å². The van der Waals surface area contributed by atoms with Crippen LogP contribution < -0.4 is 5.32 Å². The van der Waals surface area contributed by atoms with Gasteiger partial charge in [-0.2, -0.15) is 15.6 Å². The minimum atomic E-state index is -2.95. The summed E-state index contributed by atoms with van der Waals surface area (Å²) in [6.45, 7) is 3.18. The van der Waals surface area contributed by atoms with Gasteiger partial charge in [0.15, 0.2) is 0 Å². The van der Waals surface area contributed by atoms with E-state index < -0.39 is 23.9 Å². The maximum absolute atomic E-state index is 14.7. The molecule has 3 rings (SSSR count). The molecule has 8 heteroatoms. The molecule has 1 aliphatic rings. The maximum atomic E-state index is 14.7. The molecule has 2 N–H and O–H groups in total. The van der Waals surface area contributed by atoms with E-state index in [-0.39, 0.29) is 22.4 Å². The number of hydrogen-bond acceptors (Lipinski definition) is 4. The van der Waals surface area contributed by atoms with Gasteiger partial charge in [0.05, 0.1) is 40.4 Å². The lowest BCUT2D eigenvalue weighted by Gasteiger charge is -2.27. The minimum absolute atomic E-state index is 0.0101. The third-order valence-electron chi connectivity index (χ3n) is 4.23. The molecule has 0 fully saturated rings. The van der Waals surface area contributed by atoms with Crippen molar-refractivity contribution in [3.63, 3.8) is 0 Å². The second-order valence-corrected chi connectivity index (χ2v) is 5.69. The van der Waals surface area contributed by atoms with E-state index in [1.54, 1.807) is 13.0 Å². The number of rotatable bonds is 2. The Kier molecular flexibility index (Phi) is 3.97. The van der Waals surface area contributed by atoms with Crippen LogP contribution in [0.25, 0.3) is 10.9 Å². The van der Waals surface area contributed by atoms with Crippen LogP contribution in [0, 0.1) is 35.4 Å². The molecule has 0 saturated heterocycles. The fourth-order valence-corrected chi connectivity index (χ4v) is 3.01. The van der Waals surface area contributed by atoms with Gasteiger partial charge in [0, 0.05) is 28.4 Å². The number of alkyl halides is 2. The van der Waals surface area contributed by atoms with Crippen LogP contribution in [0.2, 0.25) is 0 Å². The molecule has 5 nitrogen and oxygen atoms in total. The van der Waals surface area contributed by atoms with E-state index in [1.807, 2.05) is 6.07 Å². The third kappa shape index (κ3) is 2.52. The van der Waals surface area contributed by atoms with E-state index in [2.05, 4.69) is 15.5 Å². The van der Waals surface area contributed by atoms with E-state index >= 15 is 0 Å². The Morgan fingerprint density at radius 3 is 2.44 bits per heavy atom. The lowest BCUT2D eigenvalue weighted by molar-refractivity contribution is 0.180. The van der Waals surface area contributed by atoms with Gasteiger partial charge in [0.1, 0.15) is 5.82 Å². The number of aromatic nitrogens is 2.